The van der Waals surface area contributed by atoms with Gasteiger partial charge in [0.2, 0.25) is 0 Å². The Morgan fingerprint density at radius 1 is 1.20 bits per heavy atom. The van der Waals surface area contributed by atoms with Crippen LogP contribution in [0.1, 0.15) is 35.2 Å². The van der Waals surface area contributed by atoms with Crippen LogP contribution in [0.2, 0.25) is 0 Å². The smallest absolute Gasteiger partial charge is 0.272 e. The molecule has 2 aromatic rings. The van der Waals surface area contributed by atoms with Crippen LogP contribution in [0.15, 0.2) is 30.5 Å². The van der Waals surface area contributed by atoms with Crippen LogP contribution in [-0.2, 0) is 6.54 Å². The van der Waals surface area contributed by atoms with E-state index in [-0.39, 0.29) is 5.91 Å². The summed E-state index contributed by atoms with van der Waals surface area (Å²) in [5.41, 5.74) is 2.80. The van der Waals surface area contributed by atoms with Crippen LogP contribution in [-0.4, -0.2) is 62.7 Å². The lowest BCUT2D eigenvalue weighted by Gasteiger charge is -2.28. The average molecular weight is 341 g/mol. The molecule has 1 fully saturated rings. The van der Waals surface area contributed by atoms with E-state index in [2.05, 4.69) is 39.6 Å². The molecule has 1 amide bonds. The van der Waals surface area contributed by atoms with Crippen molar-refractivity contribution in [3.05, 3.63) is 47.5 Å². The van der Waals surface area contributed by atoms with Gasteiger partial charge in [-0.15, -0.1) is 0 Å². The van der Waals surface area contributed by atoms with Crippen molar-refractivity contribution in [3.63, 3.8) is 0 Å². The molecule has 2 aromatic heterocycles. The molecule has 25 heavy (non-hydrogen) atoms. The number of hydrogen-bond acceptors (Lipinski definition) is 4. The summed E-state index contributed by atoms with van der Waals surface area (Å²) in [6.07, 6.45) is 2.66. The summed E-state index contributed by atoms with van der Waals surface area (Å²) in [5.74, 6) is 0.0358. The highest BCUT2D eigenvalue weighted by Crippen LogP contribution is 2.12. The van der Waals surface area contributed by atoms with Gasteiger partial charge >= 0.3 is 0 Å². The van der Waals surface area contributed by atoms with Gasteiger partial charge in [-0.1, -0.05) is 6.07 Å². The third-order valence-electron chi connectivity index (χ3n) is 4.87. The number of carbonyl (C=O) groups is 1. The predicted molar refractivity (Wildman–Crippen MR) is 97.5 cm³/mol. The van der Waals surface area contributed by atoms with Gasteiger partial charge < -0.3 is 4.90 Å². The SMILES string of the molecule is Cc1cc(C)n(CC(C)N2CCCN(C(=O)c3ccccn3)CC2)n1. The fourth-order valence-corrected chi connectivity index (χ4v) is 3.46. The van der Waals surface area contributed by atoms with Gasteiger partial charge in [0, 0.05) is 44.1 Å². The molecule has 1 aliphatic heterocycles. The molecule has 6 heteroatoms. The normalized spacial score (nSPS) is 17.3. The summed E-state index contributed by atoms with van der Waals surface area (Å²) in [6.45, 7) is 10.7. The number of aryl methyl sites for hydroxylation is 2. The quantitative estimate of drug-likeness (QED) is 0.855. The van der Waals surface area contributed by atoms with Crippen molar-refractivity contribution in [2.24, 2.45) is 0 Å². The summed E-state index contributed by atoms with van der Waals surface area (Å²) in [7, 11) is 0. The molecule has 1 aliphatic rings. The predicted octanol–water partition coefficient (Wildman–Crippen LogP) is 2.13. The molecule has 1 atom stereocenters. The van der Waals surface area contributed by atoms with E-state index in [1.807, 2.05) is 24.0 Å². The minimum atomic E-state index is 0.0358. The van der Waals surface area contributed by atoms with Gasteiger partial charge in [-0.25, -0.2) is 0 Å². The van der Waals surface area contributed by atoms with Crippen molar-refractivity contribution in [2.75, 3.05) is 26.2 Å². The number of amides is 1. The lowest BCUT2D eigenvalue weighted by Crippen LogP contribution is -2.40. The van der Waals surface area contributed by atoms with E-state index in [1.165, 1.54) is 5.69 Å². The summed E-state index contributed by atoms with van der Waals surface area (Å²) in [4.78, 5) is 21.2. The Morgan fingerprint density at radius 3 is 2.72 bits per heavy atom. The fourth-order valence-electron chi connectivity index (χ4n) is 3.46. The first kappa shape index (κ1) is 17.6. The second-order valence-corrected chi connectivity index (χ2v) is 6.85. The fraction of sp³-hybridized carbons (Fsp3) is 0.526. The molecule has 0 N–H and O–H groups in total. The molecule has 1 saturated heterocycles. The Morgan fingerprint density at radius 2 is 2.04 bits per heavy atom. The molecular formula is C19H27N5O. The van der Waals surface area contributed by atoms with Crippen LogP contribution in [0, 0.1) is 13.8 Å². The van der Waals surface area contributed by atoms with Gasteiger partial charge in [0.05, 0.1) is 12.2 Å². The Balaban J connectivity index is 1.59. The Labute approximate surface area is 149 Å². The number of nitrogens with zero attached hydrogens (tertiary/aromatic N) is 5. The van der Waals surface area contributed by atoms with Gasteiger partial charge in [-0.05, 0) is 45.4 Å². The summed E-state index contributed by atoms with van der Waals surface area (Å²) in [5, 5.41) is 4.57. The zero-order chi connectivity index (χ0) is 17.8. The van der Waals surface area contributed by atoms with Crippen LogP contribution in [0.3, 0.4) is 0 Å². The maximum absolute atomic E-state index is 12.6. The highest BCUT2D eigenvalue weighted by atomic mass is 16.2. The molecule has 0 spiro atoms. The summed E-state index contributed by atoms with van der Waals surface area (Å²) in [6, 6.07) is 7.99. The first-order valence-electron chi connectivity index (χ1n) is 9.00. The Kier molecular flexibility index (Phi) is 5.48. The highest BCUT2D eigenvalue weighted by Gasteiger charge is 2.23. The number of rotatable bonds is 4. The van der Waals surface area contributed by atoms with Gasteiger partial charge in [0.25, 0.3) is 5.91 Å². The van der Waals surface area contributed by atoms with E-state index in [9.17, 15) is 4.79 Å². The number of pyridine rings is 1. The molecular weight excluding hydrogens is 314 g/mol. The molecule has 0 bridgehead atoms. The average Bonchev–Trinajstić information content (AvgIpc) is 2.81. The molecule has 0 aromatic carbocycles. The molecule has 1 unspecified atom stereocenters. The van der Waals surface area contributed by atoms with Crippen molar-refractivity contribution in [1.82, 2.24) is 24.6 Å². The maximum atomic E-state index is 12.6. The second kappa shape index (κ2) is 7.78. The zero-order valence-electron chi connectivity index (χ0n) is 15.4. The van der Waals surface area contributed by atoms with Crippen molar-refractivity contribution in [3.8, 4) is 0 Å². The van der Waals surface area contributed by atoms with Crippen LogP contribution in [0.25, 0.3) is 0 Å². The van der Waals surface area contributed by atoms with Crippen molar-refractivity contribution < 1.29 is 4.79 Å². The Bertz CT molecular complexity index is 712. The lowest BCUT2D eigenvalue weighted by molar-refractivity contribution is 0.0751. The topological polar surface area (TPSA) is 54.3 Å². The van der Waals surface area contributed by atoms with E-state index in [4.69, 9.17) is 0 Å². The molecule has 0 aliphatic carbocycles. The van der Waals surface area contributed by atoms with Crippen LogP contribution in [0.5, 0.6) is 0 Å². The second-order valence-electron chi connectivity index (χ2n) is 6.85. The van der Waals surface area contributed by atoms with Crippen LogP contribution >= 0.6 is 0 Å². The van der Waals surface area contributed by atoms with E-state index in [0.29, 0.717) is 11.7 Å². The van der Waals surface area contributed by atoms with Gasteiger partial charge in [0.1, 0.15) is 5.69 Å². The van der Waals surface area contributed by atoms with E-state index < -0.39 is 0 Å². The number of carbonyl (C=O) groups excluding carboxylic acids is 1. The molecule has 0 radical (unpaired) electrons. The van der Waals surface area contributed by atoms with Gasteiger partial charge in [-0.3, -0.25) is 19.4 Å². The van der Waals surface area contributed by atoms with Crippen molar-refractivity contribution >= 4 is 5.91 Å². The monoisotopic (exact) mass is 341 g/mol. The largest absolute Gasteiger partial charge is 0.336 e. The third-order valence-corrected chi connectivity index (χ3v) is 4.87. The standard InChI is InChI=1S/C19H27N5O/c1-15-13-16(2)24(21-15)14-17(3)22-9-6-10-23(12-11-22)19(25)18-7-4-5-8-20-18/h4-5,7-8,13,17H,6,9-12,14H2,1-3H3. The zero-order valence-corrected chi connectivity index (χ0v) is 15.4. The molecule has 6 nitrogen and oxygen atoms in total. The minimum Gasteiger partial charge on any atom is -0.336 e. The van der Waals surface area contributed by atoms with Crippen molar-refractivity contribution in [2.45, 2.75) is 39.8 Å². The molecule has 0 saturated carbocycles. The Hall–Kier alpha value is -2.21. The maximum Gasteiger partial charge on any atom is 0.272 e. The van der Waals surface area contributed by atoms with Crippen LogP contribution < -0.4 is 0 Å². The summed E-state index contributed by atoms with van der Waals surface area (Å²) < 4.78 is 2.09. The molecule has 3 rings (SSSR count). The van der Waals surface area contributed by atoms with Crippen molar-refractivity contribution in [1.29, 1.82) is 0 Å². The van der Waals surface area contributed by atoms with E-state index in [0.717, 1.165) is 44.8 Å². The minimum absolute atomic E-state index is 0.0358. The van der Waals surface area contributed by atoms with Gasteiger partial charge in [-0.2, -0.15) is 5.10 Å². The van der Waals surface area contributed by atoms with Crippen LogP contribution in [0.4, 0.5) is 0 Å². The van der Waals surface area contributed by atoms with E-state index >= 15 is 0 Å². The first-order chi connectivity index (χ1) is 12.0. The highest BCUT2D eigenvalue weighted by molar-refractivity contribution is 5.92. The third kappa shape index (κ3) is 4.25. The van der Waals surface area contributed by atoms with Gasteiger partial charge in [0.15, 0.2) is 0 Å². The lowest BCUT2D eigenvalue weighted by atomic mass is 10.2. The molecule has 3 heterocycles. The number of aromatic nitrogens is 3. The first-order valence-corrected chi connectivity index (χ1v) is 9.00. The van der Waals surface area contributed by atoms with E-state index in [1.54, 1.807) is 12.3 Å². The molecule has 134 valence electrons. The number of hydrogen-bond donors (Lipinski definition) is 0. The summed E-state index contributed by atoms with van der Waals surface area (Å²) >= 11 is 0.